The van der Waals surface area contributed by atoms with Gasteiger partial charge in [0.25, 0.3) is 0 Å². The summed E-state index contributed by atoms with van der Waals surface area (Å²) >= 11 is 12.2. The fourth-order valence-corrected chi connectivity index (χ4v) is 7.83. The Morgan fingerprint density at radius 3 is 2.34 bits per heavy atom. The largest absolute Gasteiger partial charge is 0.496 e. The summed E-state index contributed by atoms with van der Waals surface area (Å²) in [5.41, 5.74) is 7.95. The van der Waals surface area contributed by atoms with E-state index in [2.05, 4.69) is 11.4 Å². The van der Waals surface area contributed by atoms with E-state index < -0.39 is 11.9 Å². The molecule has 0 saturated heterocycles. The number of carbonyl (C=O) groups excluding carboxylic acids is 1. The Balaban J connectivity index is 0.949. The zero-order valence-electron chi connectivity index (χ0n) is 32.2. The molecule has 2 heterocycles. The van der Waals surface area contributed by atoms with E-state index >= 15 is 4.39 Å². The average Bonchev–Trinajstić information content (AvgIpc) is 3.26. The number of benzene rings is 6. The number of rotatable bonds is 12. The minimum Gasteiger partial charge on any atom is -0.496 e. The van der Waals surface area contributed by atoms with Gasteiger partial charge in [-0.3, -0.25) is 9.69 Å². The highest BCUT2D eigenvalue weighted by molar-refractivity contribution is 6.42. The smallest absolute Gasteiger partial charge is 0.237 e. The van der Waals surface area contributed by atoms with Gasteiger partial charge in [0.2, 0.25) is 5.91 Å². The van der Waals surface area contributed by atoms with Gasteiger partial charge in [-0.25, -0.2) is 4.39 Å². The van der Waals surface area contributed by atoms with Gasteiger partial charge in [-0.2, -0.15) is 5.26 Å². The number of hydrogen-bond acceptors (Lipinski definition) is 7. The third-order valence-corrected chi connectivity index (χ3v) is 11.5. The summed E-state index contributed by atoms with van der Waals surface area (Å²) in [5.74, 6) is 1.82. The molecule has 1 amide bonds. The maximum atomic E-state index is 15.3. The molecular formula is C48H40Cl2FN3O5. The summed E-state index contributed by atoms with van der Waals surface area (Å²) in [6, 6.07) is 39.1. The van der Waals surface area contributed by atoms with Crippen LogP contribution in [0.25, 0.3) is 11.1 Å². The highest BCUT2D eigenvalue weighted by Gasteiger charge is 2.35. The second-order valence-corrected chi connectivity index (χ2v) is 15.4. The zero-order valence-corrected chi connectivity index (χ0v) is 33.7. The molecule has 0 saturated carbocycles. The van der Waals surface area contributed by atoms with Crippen molar-refractivity contribution < 1.29 is 28.1 Å². The van der Waals surface area contributed by atoms with Crippen LogP contribution in [0.4, 0.5) is 4.39 Å². The highest BCUT2D eigenvalue weighted by atomic mass is 35.5. The van der Waals surface area contributed by atoms with E-state index in [0.717, 1.165) is 38.9 Å². The Bertz CT molecular complexity index is 2510. The molecule has 2 aliphatic rings. The van der Waals surface area contributed by atoms with E-state index in [4.69, 9.17) is 47.4 Å². The van der Waals surface area contributed by atoms with Gasteiger partial charge in [-0.05, 0) is 112 Å². The third kappa shape index (κ3) is 9.16. The van der Waals surface area contributed by atoms with Crippen LogP contribution >= 0.6 is 23.2 Å². The Labute approximate surface area is 352 Å². The second kappa shape index (κ2) is 17.8. The van der Waals surface area contributed by atoms with Crippen molar-refractivity contribution in [2.45, 2.75) is 44.7 Å². The standard InChI is InChI=1S/C48H40Cl2FN3O5/c1-56-44-4-2-3-42(51)39(44)27-54-26-37-24-46-45(58-29-47(59-46)35-14-16-38(17-15-35)57-28-32-9-18-40(49)41(50)21-32)23-36(37)22-43(54)48(55)53-20-19-30-5-10-33(11-6-30)34-12-7-31(25-52)8-13-34/h2-18,21,23-24,43,47H,19-20,22,26-29H2,1H3,(H,53,55). The molecule has 0 aliphatic carbocycles. The third-order valence-electron chi connectivity index (χ3n) is 10.8. The quantitative estimate of drug-likeness (QED) is 0.131. The van der Waals surface area contributed by atoms with Crippen molar-refractivity contribution >= 4 is 29.1 Å². The Morgan fingerprint density at radius 1 is 0.881 bits per heavy atom. The van der Waals surface area contributed by atoms with Crippen LogP contribution in [0.5, 0.6) is 23.0 Å². The van der Waals surface area contributed by atoms with E-state index in [9.17, 15) is 4.79 Å². The first-order chi connectivity index (χ1) is 28.7. The predicted octanol–water partition coefficient (Wildman–Crippen LogP) is 10.1. The summed E-state index contributed by atoms with van der Waals surface area (Å²) in [4.78, 5) is 16.0. The molecular weight excluding hydrogens is 788 g/mol. The number of nitrogens with one attached hydrogen (secondary N) is 1. The van der Waals surface area contributed by atoms with Crippen LogP contribution in [0.15, 0.2) is 121 Å². The van der Waals surface area contributed by atoms with E-state index in [1.807, 2.05) is 83.8 Å². The highest BCUT2D eigenvalue weighted by Crippen LogP contribution is 2.41. The van der Waals surface area contributed by atoms with Crippen molar-refractivity contribution in [2.75, 3.05) is 20.3 Å². The summed E-state index contributed by atoms with van der Waals surface area (Å²) in [7, 11) is 1.52. The number of fused-ring (bicyclic) bond motifs is 2. The van der Waals surface area contributed by atoms with Crippen molar-refractivity contribution in [1.82, 2.24) is 10.2 Å². The van der Waals surface area contributed by atoms with Crippen LogP contribution in [0.2, 0.25) is 10.0 Å². The van der Waals surface area contributed by atoms with Crippen molar-refractivity contribution in [3.05, 3.63) is 176 Å². The zero-order chi connectivity index (χ0) is 40.9. The lowest BCUT2D eigenvalue weighted by Gasteiger charge is -2.37. The molecule has 11 heteroatoms. The van der Waals surface area contributed by atoms with Gasteiger partial charge in [0.15, 0.2) is 17.6 Å². The predicted molar refractivity (Wildman–Crippen MR) is 226 cm³/mol. The maximum Gasteiger partial charge on any atom is 0.237 e. The number of hydrogen-bond donors (Lipinski definition) is 1. The molecule has 1 N–H and O–H groups in total. The lowest BCUT2D eigenvalue weighted by atomic mass is 9.91. The van der Waals surface area contributed by atoms with Gasteiger partial charge in [-0.15, -0.1) is 0 Å². The number of halogens is 3. The molecule has 6 aromatic rings. The van der Waals surface area contributed by atoms with Gasteiger partial charge in [0, 0.05) is 25.2 Å². The lowest BCUT2D eigenvalue weighted by molar-refractivity contribution is -0.127. The van der Waals surface area contributed by atoms with E-state index in [0.29, 0.717) is 83.3 Å². The van der Waals surface area contributed by atoms with Gasteiger partial charge < -0.3 is 24.3 Å². The Kier molecular flexibility index (Phi) is 12.0. The molecule has 0 spiro atoms. The number of methoxy groups -OCH3 is 1. The lowest BCUT2D eigenvalue weighted by Crippen LogP contribution is -2.50. The molecule has 0 radical (unpaired) electrons. The summed E-state index contributed by atoms with van der Waals surface area (Å²) < 4.78 is 39.6. The molecule has 6 aromatic carbocycles. The Morgan fingerprint density at radius 2 is 1.61 bits per heavy atom. The van der Waals surface area contributed by atoms with Crippen LogP contribution in [0.1, 0.15) is 45.0 Å². The van der Waals surface area contributed by atoms with E-state index in [1.54, 1.807) is 36.4 Å². The molecule has 0 bridgehead atoms. The first kappa shape index (κ1) is 39.8. The van der Waals surface area contributed by atoms with Gasteiger partial charge in [0.05, 0.1) is 34.8 Å². The number of amides is 1. The van der Waals surface area contributed by atoms with E-state index in [-0.39, 0.29) is 18.6 Å². The number of ether oxygens (including phenoxy) is 4. The van der Waals surface area contributed by atoms with Gasteiger partial charge in [-0.1, -0.05) is 83.9 Å². The molecule has 59 heavy (non-hydrogen) atoms. The fourth-order valence-electron chi connectivity index (χ4n) is 7.50. The molecule has 0 fully saturated rings. The fraction of sp³-hybridized carbons (Fsp3) is 0.208. The minimum absolute atomic E-state index is 0.139. The monoisotopic (exact) mass is 827 g/mol. The normalized spacial score (nSPS) is 15.8. The minimum atomic E-state index is -0.571. The van der Waals surface area contributed by atoms with Crippen LogP contribution in [0, 0.1) is 17.1 Å². The number of carbonyl (C=O) groups is 1. The molecule has 8 rings (SSSR count). The molecule has 2 atom stereocenters. The molecule has 0 aromatic heterocycles. The Hall–Kier alpha value is -6.05. The first-order valence-corrected chi connectivity index (χ1v) is 20.0. The topological polar surface area (TPSA) is 93.1 Å². The SMILES string of the molecule is COc1cccc(F)c1CN1Cc2cc3c(cc2CC1C(=O)NCCc1ccc(-c2ccc(C#N)cc2)cc1)OCC(c1ccc(OCc2ccc(Cl)c(Cl)c2)cc1)O3. The van der Waals surface area contributed by atoms with E-state index in [1.165, 1.54) is 13.2 Å². The second-order valence-electron chi connectivity index (χ2n) is 14.6. The maximum absolute atomic E-state index is 15.3. The van der Waals surface area contributed by atoms with Crippen LogP contribution in [0.3, 0.4) is 0 Å². The molecule has 2 aliphatic heterocycles. The average molecular weight is 829 g/mol. The van der Waals surface area contributed by atoms with Crippen LogP contribution in [-0.4, -0.2) is 37.1 Å². The summed E-state index contributed by atoms with van der Waals surface area (Å²) in [6.07, 6.45) is 0.692. The summed E-state index contributed by atoms with van der Waals surface area (Å²) in [5, 5.41) is 13.2. The van der Waals surface area contributed by atoms with Crippen LogP contribution in [-0.2, 0) is 37.3 Å². The molecule has 8 nitrogen and oxygen atoms in total. The number of nitriles is 1. The van der Waals surface area contributed by atoms with Crippen molar-refractivity contribution in [1.29, 1.82) is 5.26 Å². The van der Waals surface area contributed by atoms with Crippen molar-refractivity contribution in [3.8, 4) is 40.2 Å². The van der Waals surface area contributed by atoms with Crippen molar-refractivity contribution in [2.24, 2.45) is 0 Å². The summed E-state index contributed by atoms with van der Waals surface area (Å²) in [6.45, 7) is 1.64. The van der Waals surface area contributed by atoms with Gasteiger partial charge >= 0.3 is 0 Å². The number of nitrogens with zero attached hydrogens (tertiary/aromatic N) is 2. The molecule has 298 valence electrons. The van der Waals surface area contributed by atoms with Gasteiger partial charge in [0.1, 0.15) is 30.5 Å². The van der Waals surface area contributed by atoms with Crippen LogP contribution < -0.4 is 24.3 Å². The molecule has 2 unspecified atom stereocenters. The van der Waals surface area contributed by atoms with Crippen molar-refractivity contribution in [3.63, 3.8) is 0 Å². The first-order valence-electron chi connectivity index (χ1n) is 19.3.